The van der Waals surface area contributed by atoms with E-state index in [0.29, 0.717) is 6.54 Å². The standard InChI is InChI=1S/C19H18ClN3O2/c1-24-16-8-12-7-15-18(14(12)9-17(16)25-2)22-23-19(15)21-10-11-4-3-5-13(20)6-11/h3-6,8-9H,7,10H2,1-2H3,(H2,21,22,23). The van der Waals surface area contributed by atoms with Crippen molar-refractivity contribution in [1.29, 1.82) is 0 Å². The van der Waals surface area contributed by atoms with Crippen LogP contribution in [-0.2, 0) is 13.0 Å². The zero-order chi connectivity index (χ0) is 17.4. The van der Waals surface area contributed by atoms with E-state index in [-0.39, 0.29) is 0 Å². The minimum absolute atomic E-state index is 0.668. The van der Waals surface area contributed by atoms with Crippen molar-refractivity contribution >= 4 is 17.4 Å². The van der Waals surface area contributed by atoms with Crippen LogP contribution in [0, 0.1) is 0 Å². The molecular formula is C19H18ClN3O2. The molecule has 0 unspecified atom stereocenters. The van der Waals surface area contributed by atoms with E-state index in [1.807, 2.05) is 36.4 Å². The summed E-state index contributed by atoms with van der Waals surface area (Å²) in [4.78, 5) is 0. The fraction of sp³-hybridized carbons (Fsp3) is 0.211. The Labute approximate surface area is 150 Å². The monoisotopic (exact) mass is 355 g/mol. The van der Waals surface area contributed by atoms with Gasteiger partial charge in [0, 0.05) is 29.1 Å². The van der Waals surface area contributed by atoms with Gasteiger partial charge in [0.15, 0.2) is 17.3 Å². The normalized spacial score (nSPS) is 11.8. The Kier molecular flexibility index (Phi) is 4.01. The number of nitrogens with zero attached hydrogens (tertiary/aromatic N) is 1. The van der Waals surface area contributed by atoms with Crippen molar-refractivity contribution in [3.05, 3.63) is 58.1 Å². The fourth-order valence-corrected chi connectivity index (χ4v) is 3.44. The van der Waals surface area contributed by atoms with Gasteiger partial charge in [0.05, 0.1) is 19.9 Å². The van der Waals surface area contributed by atoms with Crippen LogP contribution in [0.2, 0.25) is 5.02 Å². The maximum atomic E-state index is 6.04. The van der Waals surface area contributed by atoms with Crippen LogP contribution in [-0.4, -0.2) is 24.4 Å². The number of nitrogens with one attached hydrogen (secondary N) is 2. The fourth-order valence-electron chi connectivity index (χ4n) is 3.23. The van der Waals surface area contributed by atoms with Crippen molar-refractivity contribution in [3.63, 3.8) is 0 Å². The SMILES string of the molecule is COc1cc2c(cc1OC)-c1[nH]nc(NCc3cccc(Cl)c3)c1C2. The molecule has 1 aliphatic rings. The number of aromatic nitrogens is 2. The van der Waals surface area contributed by atoms with Crippen LogP contribution in [0.15, 0.2) is 36.4 Å². The van der Waals surface area contributed by atoms with Crippen molar-refractivity contribution in [3.8, 4) is 22.8 Å². The number of anilines is 1. The van der Waals surface area contributed by atoms with E-state index < -0.39 is 0 Å². The van der Waals surface area contributed by atoms with Crippen molar-refractivity contribution in [1.82, 2.24) is 10.2 Å². The summed E-state index contributed by atoms with van der Waals surface area (Å²) in [5, 5.41) is 11.7. The third-order valence-electron chi connectivity index (χ3n) is 4.46. The quantitative estimate of drug-likeness (QED) is 0.561. The van der Waals surface area contributed by atoms with Gasteiger partial charge in [0.1, 0.15) is 0 Å². The van der Waals surface area contributed by atoms with E-state index in [1.165, 1.54) is 5.56 Å². The molecule has 0 saturated carbocycles. The summed E-state index contributed by atoms with van der Waals surface area (Å²) in [6.45, 7) is 0.668. The topological polar surface area (TPSA) is 59.2 Å². The molecule has 6 heteroatoms. The van der Waals surface area contributed by atoms with E-state index >= 15 is 0 Å². The third-order valence-corrected chi connectivity index (χ3v) is 4.70. The summed E-state index contributed by atoms with van der Waals surface area (Å²) >= 11 is 6.04. The van der Waals surface area contributed by atoms with Gasteiger partial charge in [0.2, 0.25) is 0 Å². The number of benzene rings is 2. The van der Waals surface area contributed by atoms with Crippen molar-refractivity contribution in [2.24, 2.45) is 0 Å². The molecule has 2 aromatic carbocycles. The van der Waals surface area contributed by atoms with Crippen LogP contribution in [0.3, 0.4) is 0 Å². The molecule has 0 aliphatic heterocycles. The van der Waals surface area contributed by atoms with E-state index in [4.69, 9.17) is 21.1 Å². The average Bonchev–Trinajstić information content (AvgIpc) is 3.17. The first-order chi connectivity index (χ1) is 12.2. The lowest BCUT2D eigenvalue weighted by molar-refractivity contribution is 0.355. The molecule has 3 aromatic rings. The maximum absolute atomic E-state index is 6.04. The van der Waals surface area contributed by atoms with Crippen LogP contribution in [0.4, 0.5) is 5.82 Å². The summed E-state index contributed by atoms with van der Waals surface area (Å²) in [6, 6.07) is 11.8. The highest BCUT2D eigenvalue weighted by Gasteiger charge is 2.26. The molecule has 4 rings (SSSR count). The third kappa shape index (κ3) is 2.81. The second-order valence-electron chi connectivity index (χ2n) is 5.95. The Morgan fingerprint density at radius 3 is 2.72 bits per heavy atom. The minimum Gasteiger partial charge on any atom is -0.493 e. The molecule has 1 aliphatic carbocycles. The predicted molar refractivity (Wildman–Crippen MR) is 98.7 cm³/mol. The average molecular weight is 356 g/mol. The molecule has 0 radical (unpaired) electrons. The smallest absolute Gasteiger partial charge is 0.161 e. The molecule has 1 heterocycles. The molecule has 0 saturated heterocycles. The summed E-state index contributed by atoms with van der Waals surface area (Å²) in [6.07, 6.45) is 0.805. The first-order valence-corrected chi connectivity index (χ1v) is 8.38. The number of hydrogen-bond donors (Lipinski definition) is 2. The van der Waals surface area contributed by atoms with Gasteiger partial charge in [-0.15, -0.1) is 0 Å². The number of H-pyrrole nitrogens is 1. The lowest BCUT2D eigenvalue weighted by Gasteiger charge is -2.10. The van der Waals surface area contributed by atoms with Gasteiger partial charge < -0.3 is 14.8 Å². The highest BCUT2D eigenvalue weighted by molar-refractivity contribution is 6.30. The van der Waals surface area contributed by atoms with Gasteiger partial charge in [-0.25, -0.2) is 0 Å². The number of ether oxygens (including phenoxy) is 2. The number of methoxy groups -OCH3 is 2. The lowest BCUT2D eigenvalue weighted by atomic mass is 10.1. The Balaban J connectivity index is 1.60. The van der Waals surface area contributed by atoms with E-state index in [1.54, 1.807) is 14.2 Å². The Bertz CT molecular complexity index is 936. The van der Waals surface area contributed by atoms with Gasteiger partial charge in [0.25, 0.3) is 0 Å². The second-order valence-corrected chi connectivity index (χ2v) is 6.39. The molecule has 1 aromatic heterocycles. The largest absolute Gasteiger partial charge is 0.493 e. The van der Waals surface area contributed by atoms with Crippen LogP contribution in [0.5, 0.6) is 11.5 Å². The van der Waals surface area contributed by atoms with Gasteiger partial charge in [-0.2, -0.15) is 5.10 Å². The van der Waals surface area contributed by atoms with E-state index in [0.717, 1.165) is 51.1 Å². The number of fused-ring (bicyclic) bond motifs is 3. The molecule has 25 heavy (non-hydrogen) atoms. The van der Waals surface area contributed by atoms with Crippen molar-refractivity contribution < 1.29 is 9.47 Å². The molecule has 2 N–H and O–H groups in total. The Hall–Kier alpha value is -2.66. The predicted octanol–water partition coefficient (Wildman–Crippen LogP) is 4.26. The zero-order valence-corrected chi connectivity index (χ0v) is 14.8. The maximum Gasteiger partial charge on any atom is 0.161 e. The first-order valence-electron chi connectivity index (χ1n) is 8.00. The molecule has 0 amide bonds. The molecule has 0 fully saturated rings. The van der Waals surface area contributed by atoms with Crippen molar-refractivity contribution in [2.75, 3.05) is 19.5 Å². The van der Waals surface area contributed by atoms with Crippen molar-refractivity contribution in [2.45, 2.75) is 13.0 Å². The summed E-state index contributed by atoms with van der Waals surface area (Å²) in [5.41, 5.74) is 5.61. The Morgan fingerprint density at radius 1 is 1.16 bits per heavy atom. The van der Waals surface area contributed by atoms with Crippen LogP contribution in [0.25, 0.3) is 11.3 Å². The summed E-state index contributed by atoms with van der Waals surface area (Å²) in [7, 11) is 3.29. The van der Waals surface area contributed by atoms with Crippen LogP contribution >= 0.6 is 11.6 Å². The Morgan fingerprint density at radius 2 is 1.96 bits per heavy atom. The van der Waals surface area contributed by atoms with Gasteiger partial charge >= 0.3 is 0 Å². The summed E-state index contributed by atoms with van der Waals surface area (Å²) < 4.78 is 10.8. The molecule has 0 spiro atoms. The zero-order valence-electron chi connectivity index (χ0n) is 14.0. The highest BCUT2D eigenvalue weighted by atomic mass is 35.5. The highest BCUT2D eigenvalue weighted by Crippen LogP contribution is 2.43. The molecule has 128 valence electrons. The van der Waals surface area contributed by atoms with E-state index in [2.05, 4.69) is 15.5 Å². The number of aromatic amines is 1. The summed E-state index contributed by atoms with van der Waals surface area (Å²) in [5.74, 6) is 2.33. The number of rotatable bonds is 5. The van der Waals surface area contributed by atoms with E-state index in [9.17, 15) is 0 Å². The number of halogens is 1. The second kappa shape index (κ2) is 6.33. The van der Waals surface area contributed by atoms with Gasteiger partial charge in [-0.3, -0.25) is 5.10 Å². The molecule has 5 nitrogen and oxygen atoms in total. The first kappa shape index (κ1) is 15.8. The number of hydrogen-bond acceptors (Lipinski definition) is 4. The minimum atomic E-state index is 0.668. The van der Waals surface area contributed by atoms with Gasteiger partial charge in [-0.05, 0) is 35.4 Å². The molecule has 0 bridgehead atoms. The van der Waals surface area contributed by atoms with Gasteiger partial charge in [-0.1, -0.05) is 23.7 Å². The van der Waals surface area contributed by atoms with Crippen LogP contribution < -0.4 is 14.8 Å². The molecule has 0 atom stereocenters. The molecular weight excluding hydrogens is 338 g/mol. The lowest BCUT2D eigenvalue weighted by Crippen LogP contribution is -2.02. The van der Waals surface area contributed by atoms with Crippen LogP contribution in [0.1, 0.15) is 16.7 Å².